The summed E-state index contributed by atoms with van der Waals surface area (Å²) in [7, 11) is -3.48. The fraction of sp³-hybridized carbons (Fsp3) is 0.417. The molecule has 0 unspecified atom stereocenters. The number of rotatable bonds is 4. The second kappa shape index (κ2) is 5.68. The first kappa shape index (κ1) is 14.0. The standard InChI is InChI=1S/C12H16N2O4S/c15-9-12(16)13-10-4-3-5-11(8-10)19(17,18)14-6-1-2-7-14/h3-5,8,15H,1-2,6-7,9H2,(H,13,16). The minimum absolute atomic E-state index is 0.158. The van der Waals surface area contributed by atoms with Gasteiger partial charge in [-0.3, -0.25) is 4.79 Å². The lowest BCUT2D eigenvalue weighted by atomic mass is 10.3. The number of aliphatic hydroxyl groups excluding tert-OH is 1. The van der Waals surface area contributed by atoms with Crippen molar-refractivity contribution >= 4 is 21.6 Å². The molecule has 1 aliphatic rings. The fourth-order valence-corrected chi connectivity index (χ4v) is 3.58. The predicted octanol–water partition coefficient (Wildman–Crippen LogP) is 0.402. The van der Waals surface area contributed by atoms with Crippen LogP contribution < -0.4 is 5.32 Å². The molecule has 0 saturated carbocycles. The largest absolute Gasteiger partial charge is 0.387 e. The molecule has 1 aromatic carbocycles. The average Bonchev–Trinajstić information content (AvgIpc) is 2.93. The Morgan fingerprint density at radius 2 is 2.00 bits per heavy atom. The summed E-state index contributed by atoms with van der Waals surface area (Å²) in [6.07, 6.45) is 1.75. The van der Waals surface area contributed by atoms with E-state index in [4.69, 9.17) is 5.11 Å². The van der Waals surface area contributed by atoms with Crippen molar-refractivity contribution in [2.24, 2.45) is 0 Å². The lowest BCUT2D eigenvalue weighted by Gasteiger charge is -2.16. The van der Waals surface area contributed by atoms with E-state index in [1.165, 1.54) is 16.4 Å². The fourth-order valence-electron chi connectivity index (χ4n) is 2.01. The molecule has 0 atom stereocenters. The number of nitrogens with one attached hydrogen (secondary N) is 1. The molecule has 1 amide bonds. The number of hydrogen-bond acceptors (Lipinski definition) is 4. The zero-order valence-corrected chi connectivity index (χ0v) is 11.2. The summed E-state index contributed by atoms with van der Waals surface area (Å²) >= 11 is 0. The van der Waals surface area contributed by atoms with E-state index in [1.807, 2.05) is 0 Å². The van der Waals surface area contributed by atoms with Gasteiger partial charge in [-0.25, -0.2) is 8.42 Å². The van der Waals surface area contributed by atoms with Crippen LogP contribution in [0.5, 0.6) is 0 Å². The van der Waals surface area contributed by atoms with Gasteiger partial charge in [0.2, 0.25) is 15.9 Å². The molecule has 1 heterocycles. The van der Waals surface area contributed by atoms with Crippen LogP contribution in [0.25, 0.3) is 0 Å². The van der Waals surface area contributed by atoms with Gasteiger partial charge in [-0.05, 0) is 31.0 Å². The van der Waals surface area contributed by atoms with Crippen molar-refractivity contribution in [1.29, 1.82) is 0 Å². The molecule has 0 aliphatic carbocycles. The Labute approximate surface area is 112 Å². The highest BCUT2D eigenvalue weighted by Crippen LogP contribution is 2.22. The lowest BCUT2D eigenvalue weighted by Crippen LogP contribution is -2.28. The number of aliphatic hydroxyl groups is 1. The van der Waals surface area contributed by atoms with Gasteiger partial charge in [0.1, 0.15) is 6.61 Å². The molecule has 1 aromatic rings. The lowest BCUT2D eigenvalue weighted by molar-refractivity contribution is -0.118. The van der Waals surface area contributed by atoms with Crippen molar-refractivity contribution in [2.45, 2.75) is 17.7 Å². The molecule has 0 bridgehead atoms. The zero-order valence-electron chi connectivity index (χ0n) is 10.4. The Kier molecular flexibility index (Phi) is 4.18. The van der Waals surface area contributed by atoms with E-state index in [0.29, 0.717) is 18.8 Å². The van der Waals surface area contributed by atoms with Crippen molar-refractivity contribution in [3.05, 3.63) is 24.3 Å². The van der Waals surface area contributed by atoms with E-state index >= 15 is 0 Å². The summed E-state index contributed by atoms with van der Waals surface area (Å²) in [5.74, 6) is -0.573. The number of benzene rings is 1. The van der Waals surface area contributed by atoms with Gasteiger partial charge in [0.25, 0.3) is 0 Å². The smallest absolute Gasteiger partial charge is 0.250 e. The number of anilines is 1. The Bertz CT molecular complexity index is 565. The molecule has 1 aliphatic heterocycles. The Morgan fingerprint density at radius 3 is 2.63 bits per heavy atom. The van der Waals surface area contributed by atoms with E-state index in [-0.39, 0.29) is 4.90 Å². The van der Waals surface area contributed by atoms with E-state index in [9.17, 15) is 13.2 Å². The quantitative estimate of drug-likeness (QED) is 0.838. The second-order valence-corrected chi connectivity index (χ2v) is 6.28. The molecule has 19 heavy (non-hydrogen) atoms. The minimum atomic E-state index is -3.48. The van der Waals surface area contributed by atoms with Crippen LogP contribution in [0.3, 0.4) is 0 Å². The maximum Gasteiger partial charge on any atom is 0.250 e. The van der Waals surface area contributed by atoms with Crippen LogP contribution in [-0.4, -0.2) is 43.4 Å². The number of carbonyl (C=O) groups excluding carboxylic acids is 1. The molecule has 1 saturated heterocycles. The Balaban J connectivity index is 2.25. The molecule has 0 radical (unpaired) electrons. The van der Waals surface area contributed by atoms with Crippen LogP contribution in [-0.2, 0) is 14.8 Å². The van der Waals surface area contributed by atoms with Crippen molar-refractivity contribution in [3.8, 4) is 0 Å². The third kappa shape index (κ3) is 3.12. The van der Waals surface area contributed by atoms with Gasteiger partial charge in [0.15, 0.2) is 0 Å². The van der Waals surface area contributed by atoms with Crippen molar-refractivity contribution in [2.75, 3.05) is 25.0 Å². The van der Waals surface area contributed by atoms with E-state index < -0.39 is 22.5 Å². The van der Waals surface area contributed by atoms with Gasteiger partial charge in [0.05, 0.1) is 4.90 Å². The van der Waals surface area contributed by atoms with Crippen LogP contribution in [0.15, 0.2) is 29.2 Å². The van der Waals surface area contributed by atoms with Crippen LogP contribution in [0, 0.1) is 0 Å². The van der Waals surface area contributed by atoms with Gasteiger partial charge in [-0.15, -0.1) is 0 Å². The minimum Gasteiger partial charge on any atom is -0.387 e. The van der Waals surface area contributed by atoms with Gasteiger partial charge < -0.3 is 10.4 Å². The summed E-state index contributed by atoms with van der Waals surface area (Å²) in [5, 5.41) is 11.1. The highest BCUT2D eigenvalue weighted by atomic mass is 32.2. The number of carbonyl (C=O) groups is 1. The highest BCUT2D eigenvalue weighted by molar-refractivity contribution is 7.89. The first-order valence-electron chi connectivity index (χ1n) is 6.05. The van der Waals surface area contributed by atoms with Crippen molar-refractivity contribution in [3.63, 3.8) is 0 Å². The molecule has 6 nitrogen and oxygen atoms in total. The van der Waals surface area contributed by atoms with Crippen LogP contribution in [0.4, 0.5) is 5.69 Å². The summed E-state index contributed by atoms with van der Waals surface area (Å²) in [4.78, 5) is 11.2. The molecular formula is C12H16N2O4S. The molecule has 1 fully saturated rings. The van der Waals surface area contributed by atoms with Gasteiger partial charge in [-0.1, -0.05) is 6.07 Å². The third-order valence-corrected chi connectivity index (χ3v) is 4.86. The first-order chi connectivity index (χ1) is 9.04. The SMILES string of the molecule is O=C(CO)Nc1cccc(S(=O)(=O)N2CCCC2)c1. The normalized spacial score (nSPS) is 16.5. The molecule has 0 aromatic heterocycles. The Morgan fingerprint density at radius 1 is 1.32 bits per heavy atom. The van der Waals surface area contributed by atoms with Gasteiger partial charge >= 0.3 is 0 Å². The van der Waals surface area contributed by atoms with Crippen LogP contribution >= 0.6 is 0 Å². The zero-order chi connectivity index (χ0) is 13.9. The van der Waals surface area contributed by atoms with Gasteiger partial charge in [-0.2, -0.15) is 4.31 Å². The number of nitrogens with zero attached hydrogens (tertiary/aromatic N) is 1. The van der Waals surface area contributed by atoms with Crippen LogP contribution in [0.2, 0.25) is 0 Å². The number of hydrogen-bond donors (Lipinski definition) is 2. The molecule has 2 N–H and O–H groups in total. The topological polar surface area (TPSA) is 86.7 Å². The second-order valence-electron chi connectivity index (χ2n) is 4.35. The van der Waals surface area contributed by atoms with E-state index in [1.54, 1.807) is 12.1 Å². The van der Waals surface area contributed by atoms with E-state index in [2.05, 4.69) is 5.32 Å². The predicted molar refractivity (Wildman–Crippen MR) is 70.2 cm³/mol. The first-order valence-corrected chi connectivity index (χ1v) is 7.49. The maximum absolute atomic E-state index is 12.3. The van der Waals surface area contributed by atoms with Crippen molar-refractivity contribution < 1.29 is 18.3 Å². The molecule has 2 rings (SSSR count). The van der Waals surface area contributed by atoms with Crippen LogP contribution in [0.1, 0.15) is 12.8 Å². The Hall–Kier alpha value is -1.44. The highest BCUT2D eigenvalue weighted by Gasteiger charge is 2.27. The molecular weight excluding hydrogens is 268 g/mol. The summed E-state index contributed by atoms with van der Waals surface area (Å²) in [6, 6.07) is 6.05. The maximum atomic E-state index is 12.3. The van der Waals surface area contributed by atoms with Crippen molar-refractivity contribution in [1.82, 2.24) is 4.31 Å². The average molecular weight is 284 g/mol. The number of sulfonamides is 1. The summed E-state index contributed by atoms with van der Waals surface area (Å²) in [5.41, 5.74) is 0.360. The van der Waals surface area contributed by atoms with E-state index in [0.717, 1.165) is 12.8 Å². The number of amides is 1. The van der Waals surface area contributed by atoms with Gasteiger partial charge in [0, 0.05) is 18.8 Å². The summed E-state index contributed by atoms with van der Waals surface area (Å²) < 4.78 is 26.1. The third-order valence-electron chi connectivity index (χ3n) is 2.96. The monoisotopic (exact) mass is 284 g/mol. The molecule has 7 heteroatoms. The summed E-state index contributed by atoms with van der Waals surface area (Å²) in [6.45, 7) is 0.439. The molecule has 104 valence electrons. The molecule has 0 spiro atoms.